The summed E-state index contributed by atoms with van der Waals surface area (Å²) >= 11 is 0. The van der Waals surface area contributed by atoms with Crippen LogP contribution >= 0.6 is 0 Å². The summed E-state index contributed by atoms with van der Waals surface area (Å²) in [5.41, 5.74) is 1.60. The molecule has 1 N–H and O–H groups in total. The van der Waals surface area contributed by atoms with Crippen molar-refractivity contribution in [1.29, 1.82) is 0 Å². The minimum absolute atomic E-state index is 0.0883. The minimum atomic E-state index is -3.72. The van der Waals surface area contributed by atoms with E-state index in [4.69, 9.17) is 0 Å². The van der Waals surface area contributed by atoms with E-state index in [0.717, 1.165) is 0 Å². The second-order valence-electron chi connectivity index (χ2n) is 5.05. The summed E-state index contributed by atoms with van der Waals surface area (Å²) in [7, 11) is -3.72. The molecule has 0 spiro atoms. The highest BCUT2D eigenvalue weighted by molar-refractivity contribution is 7.92. The van der Waals surface area contributed by atoms with E-state index in [-0.39, 0.29) is 10.7 Å². The van der Waals surface area contributed by atoms with Crippen molar-refractivity contribution in [2.24, 2.45) is 0 Å². The maximum atomic E-state index is 12.4. The number of aromatic nitrogens is 3. The average molecular weight is 342 g/mol. The number of hydrogen-bond acceptors (Lipinski definition) is 5. The third kappa shape index (κ3) is 3.33. The van der Waals surface area contributed by atoms with Crippen molar-refractivity contribution in [1.82, 2.24) is 15.0 Å². The van der Waals surface area contributed by atoms with Gasteiger partial charge in [-0.25, -0.2) is 8.42 Å². The van der Waals surface area contributed by atoms with Crippen LogP contribution in [0.1, 0.15) is 17.3 Å². The van der Waals surface area contributed by atoms with E-state index in [9.17, 15) is 13.2 Å². The fourth-order valence-electron chi connectivity index (χ4n) is 2.09. The van der Waals surface area contributed by atoms with E-state index in [1.165, 1.54) is 36.0 Å². The molecule has 0 aliphatic rings. The molecule has 1 heterocycles. The van der Waals surface area contributed by atoms with Crippen LogP contribution in [0.15, 0.2) is 65.8 Å². The quantitative estimate of drug-likeness (QED) is 0.718. The summed E-state index contributed by atoms with van der Waals surface area (Å²) in [6, 6.07) is 12.4. The van der Waals surface area contributed by atoms with Gasteiger partial charge in [0.2, 0.25) is 0 Å². The Hall–Kier alpha value is -3.00. The van der Waals surface area contributed by atoms with Gasteiger partial charge in [0, 0.05) is 11.3 Å². The van der Waals surface area contributed by atoms with Gasteiger partial charge >= 0.3 is 0 Å². The number of carbonyl (C=O) groups is 1. The molecule has 0 aliphatic carbocycles. The first-order valence-electron chi connectivity index (χ1n) is 7.06. The van der Waals surface area contributed by atoms with Crippen molar-refractivity contribution >= 4 is 21.5 Å². The summed E-state index contributed by atoms with van der Waals surface area (Å²) in [6.45, 7) is 1.43. The maximum Gasteiger partial charge on any atom is 0.261 e. The summed E-state index contributed by atoms with van der Waals surface area (Å²) < 4.78 is 27.2. The lowest BCUT2D eigenvalue weighted by Gasteiger charge is -2.09. The van der Waals surface area contributed by atoms with Crippen LogP contribution in [0.25, 0.3) is 5.69 Å². The molecule has 1 aromatic heterocycles. The first kappa shape index (κ1) is 15.9. The van der Waals surface area contributed by atoms with Crippen molar-refractivity contribution in [3.05, 3.63) is 66.5 Å². The van der Waals surface area contributed by atoms with Gasteiger partial charge in [-0.1, -0.05) is 12.1 Å². The smallest absolute Gasteiger partial charge is 0.261 e. The van der Waals surface area contributed by atoms with Crippen LogP contribution < -0.4 is 4.72 Å². The van der Waals surface area contributed by atoms with Crippen molar-refractivity contribution < 1.29 is 13.2 Å². The number of benzene rings is 2. The lowest BCUT2D eigenvalue weighted by atomic mass is 10.2. The van der Waals surface area contributed by atoms with E-state index in [0.29, 0.717) is 16.9 Å². The third-order valence-corrected chi connectivity index (χ3v) is 4.74. The SMILES string of the molecule is CC(=O)c1ccc(S(=O)(=O)Nc2ccc(-n3nccn3)cc2)cc1. The molecule has 3 rings (SSSR count). The lowest BCUT2D eigenvalue weighted by Crippen LogP contribution is -2.13. The predicted octanol–water partition coefficient (Wildman–Crippen LogP) is 2.27. The summed E-state index contributed by atoms with van der Waals surface area (Å²) in [5.74, 6) is -0.116. The van der Waals surface area contributed by atoms with Gasteiger partial charge in [0.15, 0.2) is 5.78 Å². The first-order valence-corrected chi connectivity index (χ1v) is 8.54. The number of hydrogen-bond donors (Lipinski definition) is 1. The van der Waals surface area contributed by atoms with Gasteiger partial charge in [0.25, 0.3) is 10.0 Å². The normalized spacial score (nSPS) is 11.2. The Morgan fingerprint density at radius 3 is 2.08 bits per heavy atom. The van der Waals surface area contributed by atoms with E-state index in [1.54, 1.807) is 36.7 Å². The first-order chi connectivity index (χ1) is 11.5. The highest BCUT2D eigenvalue weighted by Gasteiger charge is 2.14. The molecule has 0 radical (unpaired) electrons. The van der Waals surface area contributed by atoms with Gasteiger partial charge in [-0.05, 0) is 43.3 Å². The number of nitrogens with one attached hydrogen (secondary N) is 1. The lowest BCUT2D eigenvalue weighted by molar-refractivity contribution is 0.101. The van der Waals surface area contributed by atoms with Crippen molar-refractivity contribution in [3.8, 4) is 5.69 Å². The summed E-state index contributed by atoms with van der Waals surface area (Å²) in [5, 5.41) is 8.00. The van der Waals surface area contributed by atoms with Crippen molar-refractivity contribution in [2.45, 2.75) is 11.8 Å². The molecule has 0 amide bonds. The molecule has 7 nitrogen and oxygen atoms in total. The third-order valence-electron chi connectivity index (χ3n) is 3.34. The molecule has 3 aromatic rings. The van der Waals surface area contributed by atoms with Crippen LogP contribution in [0, 0.1) is 0 Å². The molecule has 0 aliphatic heterocycles. The molecule has 8 heteroatoms. The number of carbonyl (C=O) groups excluding carboxylic acids is 1. The topological polar surface area (TPSA) is 94.0 Å². The number of sulfonamides is 1. The Morgan fingerprint density at radius 2 is 1.54 bits per heavy atom. The Balaban J connectivity index is 1.80. The van der Waals surface area contributed by atoms with Crippen LogP contribution in [-0.4, -0.2) is 29.2 Å². The average Bonchev–Trinajstić information content (AvgIpc) is 3.10. The van der Waals surface area contributed by atoms with E-state index < -0.39 is 10.0 Å². The molecule has 0 unspecified atom stereocenters. The van der Waals surface area contributed by atoms with Crippen molar-refractivity contribution in [3.63, 3.8) is 0 Å². The number of Topliss-reactive ketones (excluding diaryl/α,β-unsaturated/α-hetero) is 1. The molecule has 0 saturated carbocycles. The van der Waals surface area contributed by atoms with Crippen molar-refractivity contribution in [2.75, 3.05) is 4.72 Å². The second-order valence-corrected chi connectivity index (χ2v) is 6.73. The molecule has 0 atom stereocenters. The summed E-state index contributed by atoms with van der Waals surface area (Å²) in [6.07, 6.45) is 3.11. The van der Waals surface area contributed by atoms with Gasteiger partial charge < -0.3 is 0 Å². The molecule has 0 bridgehead atoms. The predicted molar refractivity (Wildman–Crippen MR) is 88.6 cm³/mol. The van der Waals surface area contributed by atoms with E-state index >= 15 is 0 Å². The molecular formula is C16H14N4O3S. The number of ketones is 1. The Labute approximate surface area is 139 Å². The Kier molecular flexibility index (Phi) is 4.13. The zero-order valence-electron chi connectivity index (χ0n) is 12.7. The van der Waals surface area contributed by atoms with Crippen LogP contribution in [0.4, 0.5) is 5.69 Å². The standard InChI is InChI=1S/C16H14N4O3S/c1-12(21)13-2-8-16(9-3-13)24(22,23)19-14-4-6-15(7-5-14)20-17-10-11-18-20/h2-11,19H,1H3. The zero-order valence-corrected chi connectivity index (χ0v) is 13.6. The highest BCUT2D eigenvalue weighted by Crippen LogP contribution is 2.18. The molecule has 24 heavy (non-hydrogen) atoms. The van der Waals surface area contributed by atoms with Gasteiger partial charge in [-0.15, -0.1) is 0 Å². The van der Waals surface area contributed by atoms with Crippen LogP contribution in [0.3, 0.4) is 0 Å². The van der Waals surface area contributed by atoms with Crippen LogP contribution in [0.5, 0.6) is 0 Å². The maximum absolute atomic E-state index is 12.4. The minimum Gasteiger partial charge on any atom is -0.295 e. The highest BCUT2D eigenvalue weighted by atomic mass is 32.2. The molecule has 122 valence electrons. The van der Waals surface area contributed by atoms with Gasteiger partial charge in [-0.3, -0.25) is 9.52 Å². The van der Waals surface area contributed by atoms with E-state index in [2.05, 4.69) is 14.9 Å². The Bertz CT molecular complexity index is 948. The van der Waals surface area contributed by atoms with Crippen LogP contribution in [-0.2, 0) is 10.0 Å². The fraction of sp³-hybridized carbons (Fsp3) is 0.0625. The van der Waals surface area contributed by atoms with Crippen LogP contribution in [0.2, 0.25) is 0 Å². The molecular weight excluding hydrogens is 328 g/mol. The molecule has 2 aromatic carbocycles. The molecule has 0 saturated heterocycles. The van der Waals surface area contributed by atoms with Gasteiger partial charge in [0.05, 0.1) is 23.0 Å². The number of nitrogens with zero attached hydrogens (tertiary/aromatic N) is 3. The van der Waals surface area contributed by atoms with E-state index in [1.807, 2.05) is 0 Å². The Morgan fingerprint density at radius 1 is 0.958 bits per heavy atom. The monoisotopic (exact) mass is 342 g/mol. The summed E-state index contributed by atoms with van der Waals surface area (Å²) in [4.78, 5) is 12.8. The zero-order chi connectivity index (χ0) is 17.2. The number of anilines is 1. The number of rotatable bonds is 5. The fourth-order valence-corrected chi connectivity index (χ4v) is 3.15. The largest absolute Gasteiger partial charge is 0.295 e. The van der Waals surface area contributed by atoms with Gasteiger partial charge in [0.1, 0.15) is 0 Å². The van der Waals surface area contributed by atoms with Gasteiger partial charge in [-0.2, -0.15) is 15.0 Å². The molecule has 0 fully saturated rings. The second kappa shape index (κ2) is 6.25.